The van der Waals surface area contributed by atoms with Gasteiger partial charge in [-0.05, 0) is 52.1 Å². The molecule has 5 aromatic rings. The van der Waals surface area contributed by atoms with Gasteiger partial charge in [0, 0.05) is 17.0 Å². The lowest BCUT2D eigenvalue weighted by atomic mass is 9.85. The number of H-pyrrole nitrogens is 1. The Morgan fingerprint density at radius 2 is 1.84 bits per heavy atom. The van der Waals surface area contributed by atoms with Gasteiger partial charge in [0.05, 0.1) is 12.3 Å². The molecule has 37 heavy (non-hydrogen) atoms. The van der Waals surface area contributed by atoms with Gasteiger partial charge < -0.3 is 10.1 Å². The van der Waals surface area contributed by atoms with E-state index in [9.17, 15) is 4.79 Å². The van der Waals surface area contributed by atoms with E-state index in [1.165, 1.54) is 16.9 Å². The van der Waals surface area contributed by atoms with Gasteiger partial charge in [0.25, 0.3) is 0 Å². The Labute approximate surface area is 216 Å². The lowest BCUT2D eigenvalue weighted by Crippen LogP contribution is -2.20. The van der Waals surface area contributed by atoms with Crippen molar-refractivity contribution in [3.63, 3.8) is 0 Å². The Kier molecular flexibility index (Phi) is 6.26. The first-order valence-electron chi connectivity index (χ1n) is 11.8. The van der Waals surface area contributed by atoms with Crippen molar-refractivity contribution in [3.8, 4) is 28.3 Å². The number of hydrogen-bond acceptors (Lipinski definition) is 8. The summed E-state index contributed by atoms with van der Waals surface area (Å²) in [6, 6.07) is 21.9. The smallest absolute Gasteiger partial charge is 0.325 e. The second-order valence-corrected chi connectivity index (χ2v) is 9.35. The Bertz CT molecular complexity index is 1510. The molecule has 2 aromatic heterocycles. The van der Waals surface area contributed by atoms with Crippen LogP contribution in [0.1, 0.15) is 29.9 Å². The van der Waals surface area contributed by atoms with Gasteiger partial charge in [-0.1, -0.05) is 65.9 Å². The number of carbonyl (C=O) groups excluding carboxylic acids is 1. The largest absolute Gasteiger partial charge is 0.491 e. The number of benzene rings is 3. The van der Waals surface area contributed by atoms with Crippen molar-refractivity contribution in [1.82, 2.24) is 30.8 Å². The van der Waals surface area contributed by atoms with E-state index < -0.39 is 6.03 Å². The first kappa shape index (κ1) is 22.8. The molecule has 0 radical (unpaired) electrons. The molecule has 3 aromatic carbocycles. The van der Waals surface area contributed by atoms with Gasteiger partial charge in [0.1, 0.15) is 11.3 Å². The van der Waals surface area contributed by atoms with Crippen molar-refractivity contribution in [3.05, 3.63) is 83.4 Å². The van der Waals surface area contributed by atoms with E-state index in [2.05, 4.69) is 59.7 Å². The molecule has 0 aliphatic carbocycles. The number of fused-ring (bicyclic) bond motifs is 1. The fourth-order valence-electron chi connectivity index (χ4n) is 4.66. The number of amides is 2. The molecule has 6 rings (SSSR count). The minimum absolute atomic E-state index is 0.101. The molecule has 0 fully saturated rings. The molecular weight excluding hydrogens is 488 g/mol. The lowest BCUT2D eigenvalue weighted by Gasteiger charge is -2.22. The number of anilines is 2. The normalized spacial score (nSPS) is 14.8. The predicted molar refractivity (Wildman–Crippen MR) is 141 cm³/mol. The summed E-state index contributed by atoms with van der Waals surface area (Å²) in [7, 11) is 0. The van der Waals surface area contributed by atoms with Crippen LogP contribution in [0.3, 0.4) is 0 Å². The molecule has 0 saturated carbocycles. The number of hydrogen-bond donors (Lipinski definition) is 3. The molecule has 1 unspecified atom stereocenters. The number of aromatic nitrogens is 6. The van der Waals surface area contributed by atoms with Gasteiger partial charge in [-0.15, -0.1) is 15.3 Å². The van der Waals surface area contributed by atoms with Crippen LogP contribution in [0.4, 0.5) is 15.6 Å². The number of aromatic amines is 1. The van der Waals surface area contributed by atoms with Crippen LogP contribution >= 0.6 is 11.3 Å². The van der Waals surface area contributed by atoms with Crippen molar-refractivity contribution in [2.75, 3.05) is 17.2 Å². The van der Waals surface area contributed by atoms with E-state index in [1.54, 1.807) is 5.51 Å². The van der Waals surface area contributed by atoms with E-state index in [1.807, 2.05) is 48.5 Å². The maximum atomic E-state index is 12.9. The van der Waals surface area contributed by atoms with Gasteiger partial charge >= 0.3 is 6.03 Å². The van der Waals surface area contributed by atoms with Crippen LogP contribution in [-0.4, -0.2) is 43.5 Å². The molecular formula is C26H22N8O2S. The van der Waals surface area contributed by atoms with Gasteiger partial charge in [0.2, 0.25) is 5.13 Å². The summed E-state index contributed by atoms with van der Waals surface area (Å²) in [4.78, 5) is 12.9. The number of rotatable bonds is 5. The molecule has 0 saturated heterocycles. The third-order valence-corrected chi connectivity index (χ3v) is 6.85. The molecule has 3 N–H and O–H groups in total. The zero-order chi connectivity index (χ0) is 25.0. The highest BCUT2D eigenvalue weighted by Gasteiger charge is 2.26. The maximum Gasteiger partial charge on any atom is 0.325 e. The SMILES string of the molecule is O=C(Nc1nncs1)Nc1cc(-c2ccccc2-c2nnn[nH]2)cc2c1OCCCC2c1ccccc1. The number of nitrogens with zero attached hydrogens (tertiary/aromatic N) is 5. The van der Waals surface area contributed by atoms with Crippen molar-refractivity contribution in [2.45, 2.75) is 18.8 Å². The van der Waals surface area contributed by atoms with Gasteiger partial charge in [-0.3, -0.25) is 5.32 Å². The zero-order valence-corrected chi connectivity index (χ0v) is 20.4. The molecule has 0 bridgehead atoms. The van der Waals surface area contributed by atoms with E-state index in [0.717, 1.165) is 35.1 Å². The molecule has 1 aliphatic rings. The molecule has 184 valence electrons. The van der Waals surface area contributed by atoms with E-state index >= 15 is 0 Å². The first-order chi connectivity index (χ1) is 18.3. The average Bonchev–Trinajstić information content (AvgIpc) is 3.61. The zero-order valence-electron chi connectivity index (χ0n) is 19.6. The van der Waals surface area contributed by atoms with Crippen LogP contribution < -0.4 is 15.4 Å². The maximum absolute atomic E-state index is 12.9. The number of nitrogens with one attached hydrogen (secondary N) is 3. The molecule has 2 amide bonds. The highest BCUT2D eigenvalue weighted by atomic mass is 32.1. The topological polar surface area (TPSA) is 131 Å². The number of carbonyl (C=O) groups is 1. The van der Waals surface area contributed by atoms with Crippen molar-refractivity contribution in [2.24, 2.45) is 0 Å². The molecule has 10 nitrogen and oxygen atoms in total. The van der Waals surface area contributed by atoms with Crippen LogP contribution in [0.2, 0.25) is 0 Å². The third kappa shape index (κ3) is 4.76. The Balaban J connectivity index is 1.50. The monoisotopic (exact) mass is 510 g/mol. The highest BCUT2D eigenvalue weighted by Crippen LogP contribution is 2.45. The summed E-state index contributed by atoms with van der Waals surface area (Å²) in [6.45, 7) is 0.558. The summed E-state index contributed by atoms with van der Waals surface area (Å²) < 4.78 is 6.25. The minimum atomic E-state index is -0.423. The summed E-state index contributed by atoms with van der Waals surface area (Å²) in [5, 5.41) is 28.3. The average molecular weight is 511 g/mol. The molecule has 11 heteroatoms. The highest BCUT2D eigenvalue weighted by molar-refractivity contribution is 7.13. The molecule has 3 heterocycles. The van der Waals surface area contributed by atoms with Gasteiger partial charge in [0.15, 0.2) is 5.82 Å². The molecule has 1 atom stereocenters. The van der Waals surface area contributed by atoms with Gasteiger partial charge in [-0.25, -0.2) is 9.89 Å². The van der Waals surface area contributed by atoms with Crippen LogP contribution in [0.5, 0.6) is 5.75 Å². The standard InChI is InChI=1S/C26H22N8O2S/c35-25(29-26-32-27-15-37-26)28-22-14-17(19-9-4-5-10-20(19)24-30-33-34-31-24)13-21-18(11-6-12-36-23(21)22)16-7-2-1-3-8-16/h1-5,7-10,13-15,18H,6,11-12H2,(H2,28,29,32,35)(H,30,31,33,34). The minimum Gasteiger partial charge on any atom is -0.491 e. The quantitative estimate of drug-likeness (QED) is 0.291. The van der Waals surface area contributed by atoms with E-state index in [0.29, 0.717) is 29.0 Å². The number of ether oxygens (including phenoxy) is 1. The second kappa shape index (κ2) is 10.2. The molecule has 1 aliphatic heterocycles. The summed E-state index contributed by atoms with van der Waals surface area (Å²) in [5.41, 5.74) is 7.02. The second-order valence-electron chi connectivity index (χ2n) is 8.51. The van der Waals surface area contributed by atoms with Crippen LogP contribution in [0, 0.1) is 0 Å². The lowest BCUT2D eigenvalue weighted by molar-refractivity contribution is 0.262. The third-order valence-electron chi connectivity index (χ3n) is 6.25. The Morgan fingerprint density at radius 1 is 1.00 bits per heavy atom. The molecule has 0 spiro atoms. The fraction of sp³-hybridized carbons (Fsp3) is 0.154. The van der Waals surface area contributed by atoms with Crippen LogP contribution in [0.15, 0.2) is 72.2 Å². The van der Waals surface area contributed by atoms with E-state index in [4.69, 9.17) is 4.74 Å². The Hall–Kier alpha value is -4.64. The van der Waals surface area contributed by atoms with Crippen molar-refractivity contribution >= 4 is 28.2 Å². The Morgan fingerprint density at radius 3 is 2.62 bits per heavy atom. The number of urea groups is 1. The van der Waals surface area contributed by atoms with Gasteiger partial charge in [-0.2, -0.15) is 0 Å². The number of tetrazole rings is 1. The van der Waals surface area contributed by atoms with E-state index in [-0.39, 0.29) is 5.92 Å². The van der Waals surface area contributed by atoms with Crippen LogP contribution in [-0.2, 0) is 0 Å². The van der Waals surface area contributed by atoms with Crippen LogP contribution in [0.25, 0.3) is 22.5 Å². The van der Waals surface area contributed by atoms with Crippen molar-refractivity contribution < 1.29 is 9.53 Å². The predicted octanol–water partition coefficient (Wildman–Crippen LogP) is 5.33. The summed E-state index contributed by atoms with van der Waals surface area (Å²) in [5.74, 6) is 1.33. The van der Waals surface area contributed by atoms with Crippen molar-refractivity contribution in [1.29, 1.82) is 0 Å². The fourth-order valence-corrected chi connectivity index (χ4v) is 5.10. The summed E-state index contributed by atoms with van der Waals surface area (Å²) >= 11 is 1.24. The first-order valence-corrected chi connectivity index (χ1v) is 12.7. The summed E-state index contributed by atoms with van der Waals surface area (Å²) in [6.07, 6.45) is 1.81.